The van der Waals surface area contributed by atoms with E-state index < -0.39 is 5.92 Å². The summed E-state index contributed by atoms with van der Waals surface area (Å²) in [4.78, 5) is 60.3. The number of fused-ring (bicyclic) bond motifs is 4. The molecule has 0 aliphatic carbocycles. The lowest BCUT2D eigenvalue weighted by Gasteiger charge is -2.28. The summed E-state index contributed by atoms with van der Waals surface area (Å²) in [6, 6.07) is 45.2. The molecule has 18 rings (SSSR count). The Morgan fingerprint density at radius 3 is 1.46 bits per heavy atom. The fourth-order valence-corrected chi connectivity index (χ4v) is 16.6. The lowest BCUT2D eigenvalue weighted by atomic mass is 10.1. The Hall–Kier alpha value is -15.1. The summed E-state index contributed by atoms with van der Waals surface area (Å²) in [6.07, 6.45) is 25.4. The van der Waals surface area contributed by atoms with Gasteiger partial charge >= 0.3 is 0 Å². The minimum Gasteiger partial charge on any atom is -0.497 e. The number of H-pyrrole nitrogens is 1. The molecule has 140 heavy (non-hydrogen) atoms. The summed E-state index contributed by atoms with van der Waals surface area (Å²) in [6.45, 7) is 17.5. The van der Waals surface area contributed by atoms with Crippen LogP contribution in [-0.2, 0) is 18.8 Å². The van der Waals surface area contributed by atoms with Gasteiger partial charge in [-0.05, 0) is 138 Å². The molecule has 16 aromatic rings. The van der Waals surface area contributed by atoms with Crippen molar-refractivity contribution in [1.82, 2.24) is 94.9 Å². The van der Waals surface area contributed by atoms with Gasteiger partial charge in [-0.25, -0.2) is 33.4 Å². The molecule has 2 aliphatic rings. The van der Waals surface area contributed by atoms with Crippen LogP contribution in [-0.4, -0.2) is 235 Å². The number of nitrogens with two attached hydrogens (primary N) is 1. The number of likely N-dealkylation sites (tertiary alicyclic amines) is 1. The van der Waals surface area contributed by atoms with Crippen molar-refractivity contribution < 1.29 is 56.6 Å². The van der Waals surface area contributed by atoms with E-state index in [1.807, 2.05) is 201 Å². The Morgan fingerprint density at radius 2 is 1.01 bits per heavy atom. The summed E-state index contributed by atoms with van der Waals surface area (Å²) in [5.74, 6) is 2.02. The molecule has 2 fully saturated rings. The highest BCUT2D eigenvalue weighted by molar-refractivity contribution is 5.96. The number of aromatic amines is 1. The van der Waals surface area contributed by atoms with E-state index in [4.69, 9.17) is 63.6 Å². The first kappa shape index (κ1) is 99.4. The van der Waals surface area contributed by atoms with Crippen molar-refractivity contribution in [1.29, 1.82) is 0 Å². The van der Waals surface area contributed by atoms with Gasteiger partial charge in [0.25, 0.3) is 11.8 Å². The van der Waals surface area contributed by atoms with Gasteiger partial charge in [0.2, 0.25) is 0 Å². The minimum atomic E-state index is -2.60. The third kappa shape index (κ3) is 24.9. The normalized spacial score (nSPS) is 13.5. The summed E-state index contributed by atoms with van der Waals surface area (Å²) >= 11 is 0. The van der Waals surface area contributed by atoms with Crippen molar-refractivity contribution in [2.24, 2.45) is 19.8 Å². The standard InChI is InChI=1S/C31H36F2N6O3.C27H34N6O2.C23H25N7O2.C23H25N5O3/c1-40-25-14-24(15-26(17-25)41-2)38(11-5-10-37-12-9-31(32,33)21-37)23-7-8-27-28(16-23)36-29(19-34-27)22-18-35-39(20-22)30-6-3-4-13-42-30;1-18(2)28-9-10-33(21-11-22(34-6)14-23(12-21)35-27(3,4)5)20-7-8-24-25(13-20)32-26(17-29-24)19-15-30-31-16-19;1-25-23(31)15-8-18(10-19(9-15)32-3)30(7-6-24)17-4-5-20-21(11-17)28-22(13-26-20)16-12-27-29(2)14-16;1-15-22(10-18(30-3)11-23(15)31-4)28(7-8-29)17-5-6-19-20(9-17)26-21(13-24-19)16-12-25-27(2)14-16/h7-8,14-20,30H,3-6,9-13,21H2,1-2H3;7-8,11-18,28H,9-10H2,1-6H3,(H,30,31);4-5,8-14H,6-7,24H2,1-3H3,(H,25,31);5-6,9-14,29H,7-8H2,1-4H3. The van der Waals surface area contributed by atoms with Gasteiger partial charge in [0.1, 0.15) is 52.1 Å². The van der Waals surface area contributed by atoms with E-state index in [-0.39, 0.29) is 37.3 Å². The van der Waals surface area contributed by atoms with Crippen LogP contribution in [0, 0.1) is 6.92 Å². The number of amides is 1. The number of aliphatic hydroxyl groups excluding tert-OH is 1. The number of halogens is 2. The molecule has 6 N–H and O–H groups in total. The summed E-state index contributed by atoms with van der Waals surface area (Å²) in [5.41, 5.74) is 27.1. The average Bonchev–Trinajstić information content (AvgIpc) is 0.965. The molecule has 10 heterocycles. The Kier molecular flexibility index (Phi) is 32.3. The number of aromatic nitrogens is 16. The Morgan fingerprint density at radius 1 is 0.543 bits per heavy atom. The number of alkyl halides is 2. The van der Waals surface area contributed by atoms with Crippen LogP contribution in [0.15, 0.2) is 214 Å². The summed E-state index contributed by atoms with van der Waals surface area (Å²) in [7, 11) is 15.1. The maximum absolute atomic E-state index is 13.8. The highest BCUT2D eigenvalue weighted by atomic mass is 19.3. The number of hydrogen-bond donors (Lipinski definition) is 5. The van der Waals surface area contributed by atoms with Crippen LogP contribution in [0.2, 0.25) is 0 Å². The minimum absolute atomic E-state index is 0.0155. The van der Waals surface area contributed by atoms with Crippen molar-refractivity contribution in [2.75, 3.05) is 141 Å². The van der Waals surface area contributed by atoms with Gasteiger partial charge in [-0.15, -0.1) is 0 Å². The molecular weight excluding hydrogens is 1780 g/mol. The van der Waals surface area contributed by atoms with Crippen LogP contribution >= 0.6 is 0 Å². The lowest BCUT2D eigenvalue weighted by Crippen LogP contribution is -2.32. The van der Waals surface area contributed by atoms with Crippen LogP contribution in [0.5, 0.6) is 40.2 Å². The van der Waals surface area contributed by atoms with E-state index in [0.717, 1.165) is 196 Å². The monoisotopic (exact) mass is 1900 g/mol. The zero-order valence-corrected chi connectivity index (χ0v) is 81.6. The summed E-state index contributed by atoms with van der Waals surface area (Å²) in [5, 5.41) is 35.8. The molecule has 730 valence electrons. The van der Waals surface area contributed by atoms with Gasteiger partial charge in [0, 0.05) is 245 Å². The molecule has 36 heteroatoms. The van der Waals surface area contributed by atoms with E-state index in [0.29, 0.717) is 80.3 Å². The molecule has 0 bridgehead atoms. The Balaban J connectivity index is 0.000000142. The van der Waals surface area contributed by atoms with Crippen LogP contribution in [0.1, 0.15) is 88.9 Å². The largest absolute Gasteiger partial charge is 0.497 e. The molecule has 2 saturated heterocycles. The van der Waals surface area contributed by atoms with Crippen LogP contribution in [0.4, 0.5) is 54.3 Å². The van der Waals surface area contributed by atoms with E-state index in [2.05, 4.69) is 97.9 Å². The number of anilines is 8. The average molecular weight is 1900 g/mol. The molecular formula is C104H120F2N24O10. The van der Waals surface area contributed by atoms with Gasteiger partial charge in [0.05, 0.1) is 178 Å². The second-order valence-electron chi connectivity index (χ2n) is 35.1. The molecule has 2 aliphatic heterocycles. The fourth-order valence-electron chi connectivity index (χ4n) is 16.6. The van der Waals surface area contributed by atoms with Gasteiger partial charge in [-0.1, -0.05) is 13.8 Å². The highest BCUT2D eigenvalue weighted by Crippen LogP contribution is 2.42. The molecule has 0 saturated carbocycles. The van der Waals surface area contributed by atoms with Gasteiger partial charge in [-0.3, -0.25) is 44.1 Å². The number of aryl methyl sites for hydroxylation is 2. The first-order valence-electron chi connectivity index (χ1n) is 46.4. The van der Waals surface area contributed by atoms with Gasteiger partial charge < -0.3 is 79.0 Å². The van der Waals surface area contributed by atoms with Crippen molar-refractivity contribution in [3.8, 4) is 85.3 Å². The maximum Gasteiger partial charge on any atom is 0.261 e. The number of hydrogen-bond acceptors (Lipinski definition) is 29. The van der Waals surface area contributed by atoms with E-state index in [1.54, 1.807) is 115 Å². The third-order valence-electron chi connectivity index (χ3n) is 23.6. The number of nitrogens with zero attached hydrogens (tertiary/aromatic N) is 20. The second-order valence-corrected chi connectivity index (χ2v) is 35.1. The van der Waals surface area contributed by atoms with Crippen molar-refractivity contribution in [3.05, 3.63) is 225 Å². The molecule has 8 aromatic heterocycles. The van der Waals surface area contributed by atoms with E-state index in [9.17, 15) is 18.7 Å². The molecule has 0 radical (unpaired) electrons. The number of ether oxygens (including phenoxy) is 8. The highest BCUT2D eigenvalue weighted by Gasteiger charge is 2.38. The molecule has 1 atom stereocenters. The van der Waals surface area contributed by atoms with E-state index >= 15 is 0 Å². The van der Waals surface area contributed by atoms with Crippen molar-refractivity contribution in [2.45, 2.75) is 97.4 Å². The topological polar surface area (TPSA) is 363 Å². The quantitative estimate of drug-likeness (QED) is 0.0255. The van der Waals surface area contributed by atoms with E-state index in [1.165, 1.54) is 0 Å². The lowest BCUT2D eigenvalue weighted by molar-refractivity contribution is -0.0394. The van der Waals surface area contributed by atoms with Crippen molar-refractivity contribution in [3.63, 3.8) is 0 Å². The first-order valence-corrected chi connectivity index (χ1v) is 46.4. The zero-order valence-electron chi connectivity index (χ0n) is 81.6. The van der Waals surface area contributed by atoms with Crippen molar-refractivity contribution >= 4 is 95.5 Å². The SMILES string of the molecule is CNC(=O)c1cc(OC)cc(N(CCN)c2ccc3ncc(-c4cnn(C)c4)nc3c2)c1.COc1cc(OC(C)(C)C)cc(N(CCNC(C)C)c2ccc3ncc(-c4cn[nH]c4)nc3c2)c1.COc1cc(OC)c(C)c(N(CCO)c2ccc3ncc(-c4cnn(C)c4)nc3c2)c1.COc1cc(OC)cc(N(CCCN2CCC(F)(F)C2)c2ccc3ncc(-c4cnn(C5CCCCO5)c4)nc3c2)c1. The Bertz CT molecular complexity index is 6890. The smallest absolute Gasteiger partial charge is 0.261 e. The zero-order chi connectivity index (χ0) is 98.7. The predicted octanol–water partition coefficient (Wildman–Crippen LogP) is 17.4. The maximum atomic E-state index is 13.8. The molecule has 1 unspecified atom stereocenters. The third-order valence-corrected chi connectivity index (χ3v) is 23.6. The molecule has 8 aromatic carbocycles. The van der Waals surface area contributed by atoms with Gasteiger partial charge in [0.15, 0.2) is 0 Å². The van der Waals surface area contributed by atoms with Crippen LogP contribution < -0.4 is 69.1 Å². The summed E-state index contributed by atoms with van der Waals surface area (Å²) < 4.78 is 78.0. The predicted molar refractivity (Wildman–Crippen MR) is 542 cm³/mol. The number of rotatable bonds is 33. The Labute approximate surface area is 811 Å². The molecule has 34 nitrogen and oxygen atoms in total. The molecule has 0 spiro atoms. The number of aliphatic hydroxyl groups is 1. The number of carbonyl (C=O) groups is 1. The fraction of sp³-hybridized carbons (Fsp3) is 0.337. The molecule has 1 amide bonds. The second kappa shape index (κ2) is 45.5. The first-order chi connectivity index (χ1) is 67.7. The van der Waals surface area contributed by atoms with Gasteiger partial charge in [-0.2, -0.15) is 20.4 Å². The number of carbonyl (C=O) groups excluding carboxylic acids is 1. The number of nitrogens with one attached hydrogen (secondary N) is 3. The van der Waals surface area contributed by atoms with Crippen LogP contribution in [0.3, 0.4) is 0 Å². The van der Waals surface area contributed by atoms with Crippen LogP contribution in [0.25, 0.3) is 89.2 Å². The number of benzene rings is 8. The number of methoxy groups -OCH3 is 6.